The first-order valence-corrected chi connectivity index (χ1v) is 6.12. The predicted octanol–water partition coefficient (Wildman–Crippen LogP) is -1.87. The smallest absolute Gasteiger partial charge is 0.186 e. The van der Waals surface area contributed by atoms with Crippen LogP contribution in [0.25, 0.3) is 10.4 Å². The third-order valence-corrected chi connectivity index (χ3v) is 2.76. The lowest BCUT2D eigenvalue weighted by Crippen LogP contribution is -2.59. The van der Waals surface area contributed by atoms with Crippen LogP contribution in [0.4, 0.5) is 0 Å². The minimum absolute atomic E-state index is 0.0684. The highest BCUT2D eigenvalue weighted by Gasteiger charge is 2.43. The van der Waals surface area contributed by atoms with Gasteiger partial charge in [-0.15, -0.1) is 0 Å². The fourth-order valence-corrected chi connectivity index (χ4v) is 1.68. The molecule has 116 valence electrons. The second kappa shape index (κ2) is 9.06. The second-order valence-corrected chi connectivity index (χ2v) is 4.13. The molecule has 0 bridgehead atoms. The highest BCUT2D eigenvalue weighted by atomic mass is 16.7. The lowest BCUT2D eigenvalue weighted by molar-refractivity contribution is -0.302. The third-order valence-electron chi connectivity index (χ3n) is 2.76. The van der Waals surface area contributed by atoms with E-state index >= 15 is 0 Å². The zero-order valence-electron chi connectivity index (χ0n) is 10.8. The molecule has 1 saturated heterocycles. The first-order chi connectivity index (χ1) is 9.61. The summed E-state index contributed by atoms with van der Waals surface area (Å²) in [5, 5.41) is 41.0. The number of nitrogens with zero attached hydrogens (tertiary/aromatic N) is 3. The molecule has 1 aliphatic heterocycles. The molecule has 0 amide bonds. The van der Waals surface area contributed by atoms with Crippen molar-refractivity contribution in [2.75, 3.05) is 33.0 Å². The van der Waals surface area contributed by atoms with Crippen LogP contribution in [0.3, 0.4) is 0 Å². The Labute approximate surface area is 115 Å². The minimum atomic E-state index is -1.46. The Hall–Kier alpha value is -0.970. The number of rotatable bonds is 8. The van der Waals surface area contributed by atoms with Crippen LogP contribution in [0.5, 0.6) is 0 Å². The average molecular weight is 293 g/mol. The van der Waals surface area contributed by atoms with Gasteiger partial charge in [-0.05, 0) is 5.53 Å². The highest BCUT2D eigenvalue weighted by Crippen LogP contribution is 2.21. The summed E-state index contributed by atoms with van der Waals surface area (Å²) in [7, 11) is 0. The summed E-state index contributed by atoms with van der Waals surface area (Å²) in [6.07, 6.45) is -6.45. The summed E-state index contributed by atoms with van der Waals surface area (Å²) in [6, 6.07) is 0. The van der Waals surface area contributed by atoms with Crippen molar-refractivity contribution in [3.63, 3.8) is 0 Å². The molecule has 0 radical (unpaired) electrons. The average Bonchev–Trinajstić information content (AvgIpc) is 2.46. The maximum atomic E-state index is 9.66. The molecule has 10 heteroatoms. The maximum Gasteiger partial charge on any atom is 0.186 e. The first kappa shape index (κ1) is 17.1. The van der Waals surface area contributed by atoms with Crippen molar-refractivity contribution < 1.29 is 34.6 Å². The van der Waals surface area contributed by atoms with E-state index in [1.165, 1.54) is 0 Å². The topological polar surface area (TPSA) is 157 Å². The largest absolute Gasteiger partial charge is 0.394 e. The monoisotopic (exact) mass is 293 g/mol. The molecule has 10 nitrogen and oxygen atoms in total. The van der Waals surface area contributed by atoms with Gasteiger partial charge in [-0.3, -0.25) is 0 Å². The fourth-order valence-electron chi connectivity index (χ4n) is 1.68. The van der Waals surface area contributed by atoms with E-state index in [-0.39, 0.29) is 26.4 Å². The fraction of sp³-hybridized carbons (Fsp3) is 1.00. The van der Waals surface area contributed by atoms with Crippen molar-refractivity contribution in [1.29, 1.82) is 0 Å². The summed E-state index contributed by atoms with van der Waals surface area (Å²) < 4.78 is 15.4. The lowest BCUT2D eigenvalue weighted by Gasteiger charge is -2.39. The molecular formula is C10H19N3O7. The van der Waals surface area contributed by atoms with Crippen molar-refractivity contribution >= 4 is 0 Å². The van der Waals surface area contributed by atoms with Gasteiger partial charge in [0, 0.05) is 11.5 Å². The summed E-state index contributed by atoms with van der Waals surface area (Å²) >= 11 is 0. The molecule has 1 fully saturated rings. The Morgan fingerprint density at radius 2 is 1.85 bits per heavy atom. The molecule has 1 heterocycles. The van der Waals surface area contributed by atoms with Crippen LogP contribution in [-0.4, -0.2) is 84.1 Å². The van der Waals surface area contributed by atoms with Crippen LogP contribution in [0.2, 0.25) is 0 Å². The van der Waals surface area contributed by atoms with Gasteiger partial charge in [0.2, 0.25) is 0 Å². The van der Waals surface area contributed by atoms with Gasteiger partial charge >= 0.3 is 0 Å². The van der Waals surface area contributed by atoms with Crippen molar-refractivity contribution in [3.05, 3.63) is 10.4 Å². The summed E-state index contributed by atoms with van der Waals surface area (Å²) in [6.45, 7) is 0.182. The number of hydrogen-bond donors (Lipinski definition) is 4. The zero-order valence-corrected chi connectivity index (χ0v) is 10.8. The molecule has 5 atom stereocenters. The Bertz CT molecular complexity index is 324. The molecule has 0 spiro atoms. The van der Waals surface area contributed by atoms with Crippen LogP contribution in [0, 0.1) is 0 Å². The van der Waals surface area contributed by atoms with Crippen LogP contribution in [0.1, 0.15) is 0 Å². The van der Waals surface area contributed by atoms with Gasteiger partial charge in [0.25, 0.3) is 0 Å². The Balaban J connectivity index is 2.26. The van der Waals surface area contributed by atoms with E-state index in [1.54, 1.807) is 0 Å². The van der Waals surface area contributed by atoms with E-state index in [9.17, 15) is 15.3 Å². The number of hydrogen-bond acceptors (Lipinski definition) is 8. The normalized spacial score (nSPS) is 33.7. The van der Waals surface area contributed by atoms with Gasteiger partial charge in [-0.25, -0.2) is 0 Å². The minimum Gasteiger partial charge on any atom is -0.394 e. The van der Waals surface area contributed by atoms with E-state index in [1.807, 2.05) is 0 Å². The van der Waals surface area contributed by atoms with Crippen LogP contribution in [0.15, 0.2) is 5.11 Å². The Morgan fingerprint density at radius 1 is 1.10 bits per heavy atom. The van der Waals surface area contributed by atoms with Crippen molar-refractivity contribution in [2.45, 2.75) is 30.7 Å². The van der Waals surface area contributed by atoms with Gasteiger partial charge in [0.1, 0.15) is 24.4 Å². The van der Waals surface area contributed by atoms with E-state index in [0.29, 0.717) is 0 Å². The molecule has 0 aromatic rings. The molecule has 20 heavy (non-hydrogen) atoms. The predicted molar refractivity (Wildman–Crippen MR) is 64.6 cm³/mol. The zero-order chi connectivity index (χ0) is 15.0. The van der Waals surface area contributed by atoms with Gasteiger partial charge in [0.15, 0.2) is 6.29 Å². The summed E-state index contributed by atoms with van der Waals surface area (Å²) in [5.41, 5.74) is 8.03. The molecule has 1 aliphatic rings. The quantitative estimate of drug-likeness (QED) is 0.177. The van der Waals surface area contributed by atoms with Gasteiger partial charge < -0.3 is 34.6 Å². The molecule has 0 saturated carbocycles. The van der Waals surface area contributed by atoms with Crippen LogP contribution in [-0.2, 0) is 14.2 Å². The second-order valence-electron chi connectivity index (χ2n) is 4.13. The van der Waals surface area contributed by atoms with Crippen molar-refractivity contribution in [1.82, 2.24) is 0 Å². The Kier molecular flexibility index (Phi) is 7.73. The standard InChI is InChI=1S/C10H19N3O7/c11-13-12-1-2-18-3-4-19-10-9(17)8(16)7(15)6(5-14)20-10/h6-10,14-17H,1-5H2/t6-,7-,8?,9-,10?/m1/s1. The van der Waals surface area contributed by atoms with Crippen molar-refractivity contribution in [2.24, 2.45) is 5.11 Å². The molecule has 1 rings (SSSR count). The van der Waals surface area contributed by atoms with E-state index in [4.69, 9.17) is 24.8 Å². The van der Waals surface area contributed by atoms with Crippen molar-refractivity contribution in [3.8, 4) is 0 Å². The molecule has 0 aromatic heterocycles. The highest BCUT2D eigenvalue weighted by molar-refractivity contribution is 4.88. The number of aliphatic hydroxyl groups excluding tert-OH is 4. The molecule has 0 aromatic carbocycles. The van der Waals surface area contributed by atoms with Gasteiger partial charge in [-0.2, -0.15) is 0 Å². The van der Waals surface area contributed by atoms with E-state index in [0.717, 1.165) is 0 Å². The first-order valence-electron chi connectivity index (χ1n) is 6.12. The summed E-state index contributed by atoms with van der Waals surface area (Å²) in [5.74, 6) is 0. The third kappa shape index (κ3) is 4.85. The van der Waals surface area contributed by atoms with Crippen LogP contribution < -0.4 is 0 Å². The Morgan fingerprint density at radius 3 is 2.50 bits per heavy atom. The molecular weight excluding hydrogens is 274 g/mol. The van der Waals surface area contributed by atoms with Gasteiger partial charge in [0.05, 0.1) is 26.4 Å². The molecule has 2 unspecified atom stereocenters. The van der Waals surface area contributed by atoms with Gasteiger partial charge in [-0.1, -0.05) is 5.11 Å². The summed E-state index contributed by atoms with van der Waals surface area (Å²) in [4.78, 5) is 2.56. The number of azide groups is 1. The van der Waals surface area contributed by atoms with E-state index in [2.05, 4.69) is 10.0 Å². The molecule has 4 N–H and O–H groups in total. The number of aliphatic hydroxyl groups is 4. The van der Waals surface area contributed by atoms with Crippen LogP contribution >= 0.6 is 0 Å². The SMILES string of the molecule is [N-]=[N+]=NCCOCCOC1O[C@H](CO)[C@@H](O)C(O)[C@H]1O. The molecule has 0 aliphatic carbocycles. The number of ether oxygens (including phenoxy) is 3. The van der Waals surface area contributed by atoms with E-state index < -0.39 is 37.3 Å². The maximum absolute atomic E-state index is 9.66. The lowest BCUT2D eigenvalue weighted by atomic mass is 9.99.